The number of aryl methyl sites for hydroxylation is 1. The van der Waals surface area contributed by atoms with Gasteiger partial charge in [0.2, 0.25) is 0 Å². The fourth-order valence-electron chi connectivity index (χ4n) is 2.11. The van der Waals surface area contributed by atoms with Crippen LogP contribution in [0.15, 0.2) is 12.3 Å². The van der Waals surface area contributed by atoms with Crippen LogP contribution in [0.25, 0.3) is 0 Å². The monoisotopic (exact) mass is 235 g/mol. The van der Waals surface area contributed by atoms with Gasteiger partial charge in [-0.25, -0.2) is 4.98 Å². The van der Waals surface area contributed by atoms with Crippen LogP contribution < -0.4 is 10.6 Å². The first-order valence-electron chi connectivity index (χ1n) is 6.32. The van der Waals surface area contributed by atoms with E-state index < -0.39 is 0 Å². The number of hydrogen-bond donors (Lipinski definition) is 2. The van der Waals surface area contributed by atoms with E-state index in [4.69, 9.17) is 10.8 Å². The molecule has 0 radical (unpaired) electrons. The van der Waals surface area contributed by atoms with E-state index in [-0.39, 0.29) is 6.61 Å². The maximum Gasteiger partial charge on any atom is 0.130 e. The maximum atomic E-state index is 8.96. The van der Waals surface area contributed by atoms with Gasteiger partial charge in [0, 0.05) is 37.1 Å². The maximum absolute atomic E-state index is 8.96. The molecular weight excluding hydrogens is 214 g/mol. The summed E-state index contributed by atoms with van der Waals surface area (Å²) in [5, 5.41) is 8.96. The Morgan fingerprint density at radius 2 is 2.29 bits per heavy atom. The highest BCUT2D eigenvalue weighted by Crippen LogP contribution is 2.29. The van der Waals surface area contributed by atoms with E-state index in [0.29, 0.717) is 6.04 Å². The van der Waals surface area contributed by atoms with Crippen molar-refractivity contribution in [2.24, 2.45) is 0 Å². The number of nitrogens with zero attached hydrogens (tertiary/aromatic N) is 2. The minimum absolute atomic E-state index is 0.227. The third-order valence-electron chi connectivity index (χ3n) is 3.50. The average Bonchev–Trinajstić information content (AvgIpc) is 2.25. The summed E-state index contributed by atoms with van der Waals surface area (Å²) in [7, 11) is 0. The van der Waals surface area contributed by atoms with Crippen LogP contribution in [0, 0.1) is 6.92 Å². The topological polar surface area (TPSA) is 62.4 Å². The van der Waals surface area contributed by atoms with E-state index in [0.717, 1.165) is 30.0 Å². The Morgan fingerprint density at radius 3 is 2.82 bits per heavy atom. The van der Waals surface area contributed by atoms with Crippen molar-refractivity contribution in [1.29, 1.82) is 0 Å². The molecule has 1 saturated carbocycles. The van der Waals surface area contributed by atoms with Crippen molar-refractivity contribution in [3.05, 3.63) is 17.8 Å². The zero-order chi connectivity index (χ0) is 12.3. The minimum Gasteiger partial charge on any atom is -0.398 e. The van der Waals surface area contributed by atoms with Gasteiger partial charge < -0.3 is 15.7 Å². The van der Waals surface area contributed by atoms with Crippen LogP contribution in [0.3, 0.4) is 0 Å². The molecule has 1 aromatic heterocycles. The SMILES string of the molecule is Cc1cnc(N(CCCO)C2CCC2)cc1N. The number of pyridine rings is 1. The quantitative estimate of drug-likeness (QED) is 0.815. The molecule has 0 spiro atoms. The van der Waals surface area contributed by atoms with Crippen LogP contribution in [-0.2, 0) is 0 Å². The van der Waals surface area contributed by atoms with Gasteiger partial charge in [-0.3, -0.25) is 0 Å². The lowest BCUT2D eigenvalue weighted by Gasteiger charge is -2.38. The molecule has 0 amide bonds. The molecule has 94 valence electrons. The Morgan fingerprint density at radius 1 is 1.53 bits per heavy atom. The molecule has 17 heavy (non-hydrogen) atoms. The number of hydrogen-bond acceptors (Lipinski definition) is 4. The molecule has 0 aliphatic heterocycles. The van der Waals surface area contributed by atoms with Crippen molar-refractivity contribution < 1.29 is 5.11 Å². The summed E-state index contributed by atoms with van der Waals surface area (Å²) in [5.41, 5.74) is 7.74. The third-order valence-corrected chi connectivity index (χ3v) is 3.50. The second kappa shape index (κ2) is 5.36. The van der Waals surface area contributed by atoms with Gasteiger partial charge in [0.15, 0.2) is 0 Å². The standard InChI is InChI=1S/C13H21N3O/c1-10-9-15-13(8-12(10)14)16(6-3-7-17)11-4-2-5-11/h8-9,11,17H,2-7H2,1H3,(H2,14,15). The van der Waals surface area contributed by atoms with Crippen molar-refractivity contribution in [2.75, 3.05) is 23.8 Å². The lowest BCUT2D eigenvalue weighted by Crippen LogP contribution is -2.41. The van der Waals surface area contributed by atoms with Gasteiger partial charge >= 0.3 is 0 Å². The summed E-state index contributed by atoms with van der Waals surface area (Å²) in [5.74, 6) is 0.950. The highest BCUT2D eigenvalue weighted by atomic mass is 16.3. The first-order chi connectivity index (χ1) is 8.22. The number of anilines is 2. The molecule has 2 rings (SSSR count). The molecule has 3 N–H and O–H groups in total. The molecule has 1 aliphatic rings. The number of nitrogen functional groups attached to an aromatic ring is 1. The summed E-state index contributed by atoms with van der Waals surface area (Å²) in [6.07, 6.45) is 6.35. The summed E-state index contributed by atoms with van der Waals surface area (Å²) in [6, 6.07) is 2.53. The van der Waals surface area contributed by atoms with Gasteiger partial charge in [0.05, 0.1) is 0 Å². The summed E-state index contributed by atoms with van der Waals surface area (Å²) >= 11 is 0. The van der Waals surface area contributed by atoms with Crippen LogP contribution >= 0.6 is 0 Å². The molecule has 0 saturated heterocycles. The Bertz CT molecular complexity index is 377. The van der Waals surface area contributed by atoms with Crippen molar-refractivity contribution in [3.63, 3.8) is 0 Å². The van der Waals surface area contributed by atoms with E-state index in [1.807, 2.05) is 19.2 Å². The Kier molecular flexibility index (Phi) is 3.84. The minimum atomic E-state index is 0.227. The highest BCUT2D eigenvalue weighted by Gasteiger charge is 2.25. The molecule has 1 aromatic rings. The number of aliphatic hydroxyl groups excluding tert-OH is 1. The zero-order valence-corrected chi connectivity index (χ0v) is 10.4. The Hall–Kier alpha value is -1.29. The van der Waals surface area contributed by atoms with E-state index in [9.17, 15) is 0 Å². The lowest BCUT2D eigenvalue weighted by atomic mass is 9.91. The van der Waals surface area contributed by atoms with Crippen LogP contribution in [0.4, 0.5) is 11.5 Å². The number of aromatic nitrogens is 1. The second-order valence-corrected chi connectivity index (χ2v) is 4.75. The number of rotatable bonds is 5. The van der Waals surface area contributed by atoms with Crippen LogP contribution in [0.5, 0.6) is 0 Å². The predicted octanol–water partition coefficient (Wildman–Crippen LogP) is 1.71. The fourth-order valence-corrected chi connectivity index (χ4v) is 2.11. The summed E-state index contributed by atoms with van der Waals surface area (Å²) in [4.78, 5) is 6.75. The molecule has 1 heterocycles. The van der Waals surface area contributed by atoms with Gasteiger partial charge in [-0.1, -0.05) is 0 Å². The average molecular weight is 235 g/mol. The molecular formula is C13H21N3O. The first-order valence-corrected chi connectivity index (χ1v) is 6.32. The predicted molar refractivity (Wildman–Crippen MR) is 70.1 cm³/mol. The lowest BCUT2D eigenvalue weighted by molar-refractivity contribution is 0.282. The fraction of sp³-hybridized carbons (Fsp3) is 0.615. The molecule has 0 aromatic carbocycles. The first kappa shape index (κ1) is 12.2. The van der Waals surface area contributed by atoms with Crippen molar-refractivity contribution in [2.45, 2.75) is 38.6 Å². The third kappa shape index (κ3) is 2.69. The van der Waals surface area contributed by atoms with Gasteiger partial charge in [-0.05, 0) is 38.2 Å². The van der Waals surface area contributed by atoms with Gasteiger partial charge in [0.1, 0.15) is 5.82 Å². The van der Waals surface area contributed by atoms with Crippen LogP contribution in [-0.4, -0.2) is 29.3 Å². The van der Waals surface area contributed by atoms with E-state index in [1.54, 1.807) is 0 Å². The van der Waals surface area contributed by atoms with E-state index in [1.165, 1.54) is 19.3 Å². The molecule has 4 nitrogen and oxygen atoms in total. The summed E-state index contributed by atoms with van der Waals surface area (Å²) in [6.45, 7) is 3.05. The van der Waals surface area contributed by atoms with Crippen molar-refractivity contribution in [3.8, 4) is 0 Å². The van der Waals surface area contributed by atoms with Gasteiger partial charge in [-0.2, -0.15) is 0 Å². The summed E-state index contributed by atoms with van der Waals surface area (Å²) < 4.78 is 0. The van der Waals surface area contributed by atoms with Gasteiger partial charge in [-0.15, -0.1) is 0 Å². The van der Waals surface area contributed by atoms with Crippen molar-refractivity contribution in [1.82, 2.24) is 4.98 Å². The van der Waals surface area contributed by atoms with E-state index >= 15 is 0 Å². The van der Waals surface area contributed by atoms with Crippen LogP contribution in [0.2, 0.25) is 0 Å². The Labute approximate surface area is 102 Å². The molecule has 4 heteroatoms. The Balaban J connectivity index is 2.15. The molecule has 1 fully saturated rings. The number of nitrogens with two attached hydrogens (primary N) is 1. The smallest absolute Gasteiger partial charge is 0.130 e. The molecule has 0 atom stereocenters. The van der Waals surface area contributed by atoms with Crippen LogP contribution in [0.1, 0.15) is 31.2 Å². The zero-order valence-electron chi connectivity index (χ0n) is 10.4. The van der Waals surface area contributed by atoms with Gasteiger partial charge in [0.25, 0.3) is 0 Å². The number of aliphatic hydroxyl groups is 1. The van der Waals surface area contributed by atoms with E-state index in [2.05, 4.69) is 9.88 Å². The second-order valence-electron chi connectivity index (χ2n) is 4.75. The molecule has 0 unspecified atom stereocenters. The molecule has 0 bridgehead atoms. The molecule has 1 aliphatic carbocycles. The largest absolute Gasteiger partial charge is 0.398 e. The normalized spacial score (nSPS) is 15.6. The highest BCUT2D eigenvalue weighted by molar-refractivity contribution is 5.55. The van der Waals surface area contributed by atoms with Crippen molar-refractivity contribution >= 4 is 11.5 Å².